The van der Waals surface area contributed by atoms with Crippen LogP contribution in [0.15, 0.2) is 11.1 Å². The number of hydrogen-bond acceptors (Lipinski definition) is 3. The number of amides is 2. The van der Waals surface area contributed by atoms with Gasteiger partial charge in [0.25, 0.3) is 0 Å². The van der Waals surface area contributed by atoms with Crippen molar-refractivity contribution in [1.82, 2.24) is 20.1 Å². The smallest absolute Gasteiger partial charge is 0.229 e. The summed E-state index contributed by atoms with van der Waals surface area (Å²) < 4.78 is 1.79. The second-order valence-electron chi connectivity index (χ2n) is 5.48. The molecular formula is C15H21Cl2N5O2. The molecule has 1 saturated heterocycles. The highest BCUT2D eigenvalue weighted by Gasteiger charge is 2.25. The van der Waals surface area contributed by atoms with Crippen molar-refractivity contribution in [2.75, 3.05) is 20.1 Å². The summed E-state index contributed by atoms with van der Waals surface area (Å²) in [6.45, 7) is 1.26. The van der Waals surface area contributed by atoms with Crippen LogP contribution in [-0.4, -0.2) is 47.4 Å². The quantitative estimate of drug-likeness (QED) is 0.466. The Balaban J connectivity index is 1.81. The van der Waals surface area contributed by atoms with Gasteiger partial charge in [0.15, 0.2) is 5.96 Å². The van der Waals surface area contributed by atoms with Crippen molar-refractivity contribution in [3.8, 4) is 0 Å². The average Bonchev–Trinajstić information content (AvgIpc) is 2.80. The maximum atomic E-state index is 11.7. The summed E-state index contributed by atoms with van der Waals surface area (Å²) in [6, 6.07) is 1.79. The van der Waals surface area contributed by atoms with Crippen molar-refractivity contribution in [1.29, 1.82) is 0 Å². The van der Waals surface area contributed by atoms with Crippen LogP contribution in [0.25, 0.3) is 0 Å². The number of piperidine rings is 1. The van der Waals surface area contributed by atoms with Crippen LogP contribution >= 0.6 is 23.2 Å². The van der Waals surface area contributed by atoms with Crippen LogP contribution in [0.2, 0.25) is 10.2 Å². The highest BCUT2D eigenvalue weighted by Crippen LogP contribution is 2.24. The van der Waals surface area contributed by atoms with Gasteiger partial charge in [-0.1, -0.05) is 23.2 Å². The Bertz CT molecular complexity index is 641. The molecule has 0 atom stereocenters. The van der Waals surface area contributed by atoms with Gasteiger partial charge in [0.2, 0.25) is 11.8 Å². The van der Waals surface area contributed by atoms with Gasteiger partial charge in [-0.05, 0) is 12.5 Å². The summed E-state index contributed by atoms with van der Waals surface area (Å²) in [6.07, 6.45) is 1.52. The number of aromatic nitrogens is 1. The first-order valence-corrected chi connectivity index (χ1v) is 8.47. The first kappa shape index (κ1) is 18.6. The molecular weight excluding hydrogens is 353 g/mol. The minimum atomic E-state index is -0.107. The molecule has 2 N–H and O–H groups in total. The van der Waals surface area contributed by atoms with Crippen LogP contribution in [0.1, 0.15) is 25.0 Å². The van der Waals surface area contributed by atoms with E-state index in [0.29, 0.717) is 55.0 Å². The molecule has 0 aromatic carbocycles. The van der Waals surface area contributed by atoms with E-state index in [2.05, 4.69) is 15.6 Å². The fourth-order valence-electron chi connectivity index (χ4n) is 2.49. The van der Waals surface area contributed by atoms with Crippen molar-refractivity contribution in [2.24, 2.45) is 12.0 Å². The number of aliphatic imine (C=N–C) groups is 1. The molecule has 2 amide bonds. The van der Waals surface area contributed by atoms with E-state index in [1.165, 1.54) is 4.90 Å². The third-order valence-corrected chi connectivity index (χ3v) is 4.73. The van der Waals surface area contributed by atoms with Gasteiger partial charge in [0, 0.05) is 45.7 Å². The summed E-state index contributed by atoms with van der Waals surface area (Å²) in [7, 11) is 3.48. The van der Waals surface area contributed by atoms with Crippen LogP contribution < -0.4 is 10.6 Å². The Morgan fingerprint density at radius 2 is 1.92 bits per heavy atom. The number of rotatable bonds is 5. The van der Waals surface area contributed by atoms with E-state index in [4.69, 9.17) is 23.2 Å². The predicted molar refractivity (Wildman–Crippen MR) is 94.2 cm³/mol. The molecule has 0 unspecified atom stereocenters. The minimum Gasteiger partial charge on any atom is -0.355 e. The SMILES string of the molecule is CN=C(NCCN1C(=O)CCCC1=O)NCc1cc(Cl)c(Cl)n1C. The molecule has 9 heteroatoms. The summed E-state index contributed by atoms with van der Waals surface area (Å²) >= 11 is 12.0. The van der Waals surface area contributed by atoms with Crippen LogP contribution in [0.4, 0.5) is 0 Å². The van der Waals surface area contributed by atoms with Crippen LogP contribution in [0, 0.1) is 0 Å². The van der Waals surface area contributed by atoms with Crippen LogP contribution in [0.3, 0.4) is 0 Å². The third kappa shape index (κ3) is 4.42. The first-order valence-electron chi connectivity index (χ1n) is 7.71. The molecule has 7 nitrogen and oxygen atoms in total. The minimum absolute atomic E-state index is 0.107. The summed E-state index contributed by atoms with van der Waals surface area (Å²) in [5.74, 6) is 0.355. The van der Waals surface area contributed by atoms with E-state index in [0.717, 1.165) is 5.69 Å². The fraction of sp³-hybridized carbons (Fsp3) is 0.533. The van der Waals surface area contributed by atoms with E-state index in [-0.39, 0.29) is 11.8 Å². The normalized spacial score (nSPS) is 15.8. The molecule has 132 valence electrons. The number of nitrogens with zero attached hydrogens (tertiary/aromatic N) is 3. The van der Waals surface area contributed by atoms with E-state index in [9.17, 15) is 9.59 Å². The van der Waals surface area contributed by atoms with Crippen molar-refractivity contribution in [3.63, 3.8) is 0 Å². The van der Waals surface area contributed by atoms with Gasteiger partial charge in [-0.3, -0.25) is 19.5 Å². The predicted octanol–water partition coefficient (Wildman–Crippen LogP) is 1.54. The molecule has 0 saturated carbocycles. The number of hydrogen-bond donors (Lipinski definition) is 2. The molecule has 1 fully saturated rings. The van der Waals surface area contributed by atoms with Gasteiger partial charge in [0.05, 0.1) is 11.6 Å². The zero-order valence-corrected chi connectivity index (χ0v) is 15.2. The molecule has 0 spiro atoms. The van der Waals surface area contributed by atoms with E-state index in [1.54, 1.807) is 17.7 Å². The number of nitrogens with one attached hydrogen (secondary N) is 2. The fourth-order valence-corrected chi connectivity index (χ4v) is 2.90. The van der Waals surface area contributed by atoms with E-state index < -0.39 is 0 Å². The summed E-state index contributed by atoms with van der Waals surface area (Å²) in [5, 5.41) is 7.21. The molecule has 24 heavy (non-hydrogen) atoms. The van der Waals surface area contributed by atoms with Gasteiger partial charge in [-0.15, -0.1) is 0 Å². The molecule has 0 aliphatic carbocycles. The number of halogens is 2. The van der Waals surface area contributed by atoms with Crippen molar-refractivity contribution < 1.29 is 9.59 Å². The number of likely N-dealkylation sites (tertiary alicyclic amines) is 1. The number of carbonyl (C=O) groups excluding carboxylic acids is 2. The lowest BCUT2D eigenvalue weighted by molar-refractivity contribution is -0.147. The zero-order chi connectivity index (χ0) is 17.7. The Morgan fingerprint density at radius 1 is 1.25 bits per heavy atom. The highest BCUT2D eigenvalue weighted by atomic mass is 35.5. The third-order valence-electron chi connectivity index (χ3n) is 3.89. The Hall–Kier alpha value is -1.73. The molecule has 1 aliphatic heterocycles. The second-order valence-corrected chi connectivity index (χ2v) is 6.24. The number of guanidine groups is 1. The van der Waals surface area contributed by atoms with E-state index in [1.807, 2.05) is 7.05 Å². The molecule has 2 heterocycles. The van der Waals surface area contributed by atoms with Gasteiger partial charge in [-0.2, -0.15) is 0 Å². The Kier molecular flexibility index (Phi) is 6.51. The standard InChI is InChI=1S/C15H21Cl2N5O2/c1-18-15(20-9-10-8-11(16)14(17)21(10)2)19-6-7-22-12(23)4-3-5-13(22)24/h8H,3-7,9H2,1-2H3,(H2,18,19,20). The van der Waals surface area contributed by atoms with Gasteiger partial charge < -0.3 is 15.2 Å². The maximum absolute atomic E-state index is 11.7. The number of carbonyl (C=O) groups is 2. The van der Waals surface area contributed by atoms with Gasteiger partial charge in [0.1, 0.15) is 5.15 Å². The first-order chi connectivity index (χ1) is 11.4. The topological polar surface area (TPSA) is 78.7 Å². The lowest BCUT2D eigenvalue weighted by Crippen LogP contribution is -2.46. The number of imide groups is 1. The van der Waals surface area contributed by atoms with Crippen molar-refractivity contribution in [3.05, 3.63) is 21.9 Å². The zero-order valence-electron chi connectivity index (χ0n) is 13.7. The van der Waals surface area contributed by atoms with Crippen molar-refractivity contribution >= 4 is 41.0 Å². The molecule has 1 aromatic heterocycles. The Labute approximate surface area is 151 Å². The lowest BCUT2D eigenvalue weighted by atomic mass is 10.1. The molecule has 2 rings (SSSR count). The maximum Gasteiger partial charge on any atom is 0.229 e. The van der Waals surface area contributed by atoms with Gasteiger partial charge in [-0.25, -0.2) is 0 Å². The van der Waals surface area contributed by atoms with Crippen LogP contribution in [-0.2, 0) is 23.2 Å². The molecule has 1 aromatic rings. The lowest BCUT2D eigenvalue weighted by Gasteiger charge is -2.25. The second kappa shape index (κ2) is 8.39. The summed E-state index contributed by atoms with van der Waals surface area (Å²) in [4.78, 5) is 28.9. The van der Waals surface area contributed by atoms with E-state index >= 15 is 0 Å². The molecule has 1 aliphatic rings. The Morgan fingerprint density at radius 3 is 2.46 bits per heavy atom. The van der Waals surface area contributed by atoms with Crippen LogP contribution in [0.5, 0.6) is 0 Å². The largest absolute Gasteiger partial charge is 0.355 e. The van der Waals surface area contributed by atoms with Gasteiger partial charge >= 0.3 is 0 Å². The molecule has 0 bridgehead atoms. The monoisotopic (exact) mass is 373 g/mol. The highest BCUT2D eigenvalue weighted by molar-refractivity contribution is 6.41. The average molecular weight is 374 g/mol. The summed E-state index contributed by atoms with van der Waals surface area (Å²) in [5.41, 5.74) is 0.911. The molecule has 0 radical (unpaired) electrons. The van der Waals surface area contributed by atoms with Crippen molar-refractivity contribution in [2.45, 2.75) is 25.8 Å².